The molecule has 2 rings (SSSR count). The molecule has 0 aromatic carbocycles. The zero-order valence-corrected chi connectivity index (χ0v) is 10.7. The predicted octanol–water partition coefficient (Wildman–Crippen LogP) is 2.84. The lowest BCUT2D eigenvalue weighted by Gasteiger charge is -2.06. The van der Waals surface area contributed by atoms with Gasteiger partial charge in [0.05, 0.1) is 6.26 Å². The third-order valence-corrected chi connectivity index (χ3v) is 2.29. The molecule has 0 atom stereocenters. The molecule has 0 saturated heterocycles. The smallest absolute Gasteiger partial charge is 0.218 e. The first-order chi connectivity index (χ1) is 8.78. The van der Waals surface area contributed by atoms with Gasteiger partial charge in [-0.1, -0.05) is 11.6 Å². The van der Waals surface area contributed by atoms with Crippen molar-refractivity contribution >= 4 is 11.6 Å². The summed E-state index contributed by atoms with van der Waals surface area (Å²) in [5, 5.41) is 0.328. The Morgan fingerprint density at radius 2 is 2.22 bits per heavy atom. The maximum Gasteiger partial charge on any atom is 0.218 e. The highest BCUT2D eigenvalue weighted by molar-refractivity contribution is 6.29. The van der Waals surface area contributed by atoms with Gasteiger partial charge in [0, 0.05) is 12.7 Å². The Morgan fingerprint density at radius 1 is 1.33 bits per heavy atom. The first kappa shape index (κ1) is 12.9. The van der Waals surface area contributed by atoms with Crippen LogP contribution in [0.5, 0.6) is 5.88 Å². The maximum absolute atomic E-state index is 5.88. The summed E-state index contributed by atoms with van der Waals surface area (Å²) in [6, 6.07) is 5.18. The van der Waals surface area contributed by atoms with Crippen LogP contribution >= 0.6 is 11.6 Å². The lowest BCUT2D eigenvalue weighted by Crippen LogP contribution is -2.03. The molecule has 0 saturated carbocycles. The lowest BCUT2D eigenvalue weighted by atomic mass is 10.5. The van der Waals surface area contributed by atoms with E-state index in [1.165, 1.54) is 0 Å². The molecule has 0 radical (unpaired) electrons. The second-order valence-corrected chi connectivity index (χ2v) is 3.84. The van der Waals surface area contributed by atoms with Gasteiger partial charge in [-0.05, 0) is 19.1 Å². The summed E-state index contributed by atoms with van der Waals surface area (Å²) in [4.78, 5) is 8.23. The lowest BCUT2D eigenvalue weighted by molar-refractivity contribution is 0.127. The largest absolute Gasteiger partial charge is 0.469 e. The number of halogens is 1. The van der Waals surface area contributed by atoms with Gasteiger partial charge in [0.2, 0.25) is 5.88 Å². The molecule has 0 aliphatic heterocycles. The zero-order chi connectivity index (χ0) is 12.8. The SMILES string of the molecule is CCOCc1nc(Cl)cc(OCc2ccco2)n1. The summed E-state index contributed by atoms with van der Waals surface area (Å²) in [7, 11) is 0. The predicted molar refractivity (Wildman–Crippen MR) is 65.4 cm³/mol. The monoisotopic (exact) mass is 268 g/mol. The molecule has 2 aromatic rings. The van der Waals surface area contributed by atoms with Gasteiger partial charge < -0.3 is 13.9 Å². The van der Waals surface area contributed by atoms with Gasteiger partial charge in [0.25, 0.3) is 0 Å². The van der Waals surface area contributed by atoms with Gasteiger partial charge in [-0.25, -0.2) is 4.98 Å². The third kappa shape index (κ3) is 3.72. The Kier molecular flexibility index (Phi) is 4.55. The molecule has 0 spiro atoms. The minimum atomic E-state index is 0.300. The van der Waals surface area contributed by atoms with Crippen molar-refractivity contribution < 1.29 is 13.9 Å². The van der Waals surface area contributed by atoms with Crippen LogP contribution in [0.2, 0.25) is 5.15 Å². The first-order valence-electron chi connectivity index (χ1n) is 5.54. The highest BCUT2D eigenvalue weighted by atomic mass is 35.5. The van der Waals surface area contributed by atoms with Crippen LogP contribution in [0.25, 0.3) is 0 Å². The van der Waals surface area contributed by atoms with Crippen molar-refractivity contribution in [1.29, 1.82) is 0 Å². The molecular weight excluding hydrogens is 256 g/mol. The zero-order valence-electron chi connectivity index (χ0n) is 9.93. The van der Waals surface area contributed by atoms with Crippen LogP contribution < -0.4 is 4.74 Å². The van der Waals surface area contributed by atoms with Gasteiger partial charge in [-0.2, -0.15) is 4.98 Å². The minimum absolute atomic E-state index is 0.300. The van der Waals surface area contributed by atoms with Crippen molar-refractivity contribution in [2.45, 2.75) is 20.1 Å². The van der Waals surface area contributed by atoms with Crippen molar-refractivity contribution in [3.63, 3.8) is 0 Å². The van der Waals surface area contributed by atoms with Crippen molar-refractivity contribution in [3.8, 4) is 5.88 Å². The molecule has 0 bridgehead atoms. The van der Waals surface area contributed by atoms with Crippen molar-refractivity contribution in [3.05, 3.63) is 41.2 Å². The molecule has 0 N–H and O–H groups in total. The molecule has 96 valence electrons. The average Bonchev–Trinajstić information content (AvgIpc) is 2.86. The number of hydrogen-bond acceptors (Lipinski definition) is 5. The summed E-state index contributed by atoms with van der Waals surface area (Å²) in [6.45, 7) is 3.11. The molecule has 0 aliphatic carbocycles. The molecule has 0 amide bonds. The maximum atomic E-state index is 5.88. The average molecular weight is 269 g/mol. The molecule has 6 heteroatoms. The van der Waals surface area contributed by atoms with E-state index in [2.05, 4.69) is 9.97 Å². The highest BCUT2D eigenvalue weighted by Crippen LogP contribution is 2.15. The van der Waals surface area contributed by atoms with Gasteiger partial charge in [0.1, 0.15) is 24.1 Å². The fourth-order valence-electron chi connectivity index (χ4n) is 1.31. The van der Waals surface area contributed by atoms with E-state index < -0.39 is 0 Å². The summed E-state index contributed by atoms with van der Waals surface area (Å²) >= 11 is 5.88. The van der Waals surface area contributed by atoms with Crippen LogP contribution in [-0.4, -0.2) is 16.6 Å². The standard InChI is InChI=1S/C12H13ClN2O3/c1-2-16-8-11-14-10(13)6-12(15-11)18-7-9-4-3-5-17-9/h3-6H,2,7-8H2,1H3. The number of ether oxygens (including phenoxy) is 2. The van der Waals surface area contributed by atoms with Crippen LogP contribution in [0.1, 0.15) is 18.5 Å². The Balaban J connectivity index is 2.00. The second kappa shape index (κ2) is 6.37. The van der Waals surface area contributed by atoms with Crippen LogP contribution in [0.3, 0.4) is 0 Å². The van der Waals surface area contributed by atoms with E-state index in [0.717, 1.165) is 5.76 Å². The first-order valence-corrected chi connectivity index (χ1v) is 5.92. The Labute approximate surface area is 110 Å². The van der Waals surface area contributed by atoms with E-state index in [1.54, 1.807) is 18.4 Å². The third-order valence-electron chi connectivity index (χ3n) is 2.10. The molecule has 2 heterocycles. The van der Waals surface area contributed by atoms with Crippen molar-refractivity contribution in [2.24, 2.45) is 0 Å². The van der Waals surface area contributed by atoms with E-state index in [1.807, 2.05) is 13.0 Å². The molecule has 5 nitrogen and oxygen atoms in total. The number of hydrogen-bond donors (Lipinski definition) is 0. The molecule has 18 heavy (non-hydrogen) atoms. The fourth-order valence-corrected chi connectivity index (χ4v) is 1.50. The van der Waals surface area contributed by atoms with Crippen molar-refractivity contribution in [1.82, 2.24) is 9.97 Å². The minimum Gasteiger partial charge on any atom is -0.469 e. The summed E-state index contributed by atoms with van der Waals surface area (Å²) in [5.41, 5.74) is 0. The topological polar surface area (TPSA) is 57.4 Å². The van der Waals surface area contributed by atoms with E-state index in [0.29, 0.717) is 36.7 Å². The van der Waals surface area contributed by atoms with E-state index in [4.69, 9.17) is 25.5 Å². The molecule has 0 aliphatic rings. The Bertz CT molecular complexity index is 488. The van der Waals surface area contributed by atoms with Gasteiger partial charge in [-0.15, -0.1) is 0 Å². The van der Waals surface area contributed by atoms with Crippen LogP contribution in [0, 0.1) is 0 Å². The summed E-state index contributed by atoms with van der Waals surface area (Å²) in [5.74, 6) is 1.62. The van der Waals surface area contributed by atoms with E-state index in [-0.39, 0.29) is 0 Å². The fraction of sp³-hybridized carbons (Fsp3) is 0.333. The van der Waals surface area contributed by atoms with Gasteiger partial charge in [0.15, 0.2) is 5.82 Å². The second-order valence-electron chi connectivity index (χ2n) is 3.45. The van der Waals surface area contributed by atoms with E-state index in [9.17, 15) is 0 Å². The van der Waals surface area contributed by atoms with Crippen LogP contribution in [0.15, 0.2) is 28.9 Å². The van der Waals surface area contributed by atoms with Gasteiger partial charge >= 0.3 is 0 Å². The molecule has 2 aromatic heterocycles. The number of rotatable bonds is 6. The van der Waals surface area contributed by atoms with Gasteiger partial charge in [-0.3, -0.25) is 0 Å². The highest BCUT2D eigenvalue weighted by Gasteiger charge is 2.05. The normalized spacial score (nSPS) is 10.6. The number of aromatic nitrogens is 2. The Morgan fingerprint density at radius 3 is 2.94 bits per heavy atom. The summed E-state index contributed by atoms with van der Waals surface area (Å²) in [6.07, 6.45) is 1.59. The number of furan rings is 1. The summed E-state index contributed by atoms with van der Waals surface area (Å²) < 4.78 is 15.8. The van der Waals surface area contributed by atoms with Crippen LogP contribution in [-0.2, 0) is 18.0 Å². The number of nitrogens with zero attached hydrogens (tertiary/aromatic N) is 2. The van der Waals surface area contributed by atoms with Crippen LogP contribution in [0.4, 0.5) is 0 Å². The molecule has 0 unspecified atom stereocenters. The Hall–Kier alpha value is -1.59. The van der Waals surface area contributed by atoms with Crippen molar-refractivity contribution in [2.75, 3.05) is 6.61 Å². The molecule has 0 fully saturated rings. The molecular formula is C12H13ClN2O3. The van der Waals surface area contributed by atoms with E-state index >= 15 is 0 Å². The quantitative estimate of drug-likeness (QED) is 0.754.